The Labute approximate surface area is 129 Å². The average molecular weight is 297 g/mol. The van der Waals surface area contributed by atoms with Gasteiger partial charge in [-0.3, -0.25) is 0 Å². The van der Waals surface area contributed by atoms with Crippen LogP contribution < -0.4 is 10.1 Å². The summed E-state index contributed by atoms with van der Waals surface area (Å²) in [6, 6.07) is 14.8. The number of benzene rings is 2. The van der Waals surface area contributed by atoms with Crippen LogP contribution in [0.15, 0.2) is 48.5 Å². The predicted molar refractivity (Wildman–Crippen MR) is 85.4 cm³/mol. The molecule has 2 aromatic carbocycles. The van der Waals surface area contributed by atoms with Crippen molar-refractivity contribution in [1.29, 1.82) is 0 Å². The summed E-state index contributed by atoms with van der Waals surface area (Å²) in [5, 5.41) is 12.3. The summed E-state index contributed by atoms with van der Waals surface area (Å²) in [7, 11) is 0. The molecule has 1 aliphatic rings. The molecule has 0 amide bonds. The maximum atomic E-state index is 11.0. The molecule has 1 saturated carbocycles. The van der Waals surface area contributed by atoms with Gasteiger partial charge in [0, 0.05) is 6.54 Å². The molecular formula is C18H19NO3. The topological polar surface area (TPSA) is 58.6 Å². The van der Waals surface area contributed by atoms with Gasteiger partial charge in [0.15, 0.2) is 0 Å². The third kappa shape index (κ3) is 3.79. The Hall–Kier alpha value is -2.49. The fourth-order valence-corrected chi connectivity index (χ4v) is 2.24. The lowest BCUT2D eigenvalue weighted by Gasteiger charge is -2.13. The molecule has 1 fully saturated rings. The molecule has 2 aromatic rings. The Kier molecular flexibility index (Phi) is 4.28. The number of carboxylic acid groups (broad SMARTS) is 1. The van der Waals surface area contributed by atoms with Gasteiger partial charge in [-0.1, -0.05) is 24.3 Å². The zero-order valence-corrected chi connectivity index (χ0v) is 12.3. The smallest absolute Gasteiger partial charge is 0.335 e. The summed E-state index contributed by atoms with van der Waals surface area (Å²) in [4.78, 5) is 11.0. The summed E-state index contributed by atoms with van der Waals surface area (Å²) in [6.45, 7) is 1.33. The molecule has 3 rings (SSSR count). The van der Waals surface area contributed by atoms with E-state index in [1.807, 2.05) is 30.3 Å². The van der Waals surface area contributed by atoms with E-state index in [0.29, 0.717) is 18.0 Å². The Balaban J connectivity index is 1.65. The summed E-state index contributed by atoms with van der Waals surface area (Å²) in [5.74, 6) is 0.652. The van der Waals surface area contributed by atoms with Crippen molar-refractivity contribution in [2.75, 3.05) is 11.9 Å². The molecule has 4 nitrogen and oxygen atoms in total. The lowest BCUT2D eigenvalue weighted by atomic mass is 10.1. The largest absolute Gasteiger partial charge is 0.491 e. The van der Waals surface area contributed by atoms with E-state index < -0.39 is 5.97 Å². The summed E-state index contributed by atoms with van der Waals surface area (Å²) in [5.41, 5.74) is 2.17. The highest BCUT2D eigenvalue weighted by molar-refractivity contribution is 5.87. The predicted octanol–water partition coefficient (Wildman–Crippen LogP) is 3.79. The van der Waals surface area contributed by atoms with Gasteiger partial charge in [-0.25, -0.2) is 4.79 Å². The second kappa shape index (κ2) is 6.52. The van der Waals surface area contributed by atoms with E-state index in [4.69, 9.17) is 9.84 Å². The number of rotatable bonds is 7. The third-order valence-electron chi connectivity index (χ3n) is 3.72. The van der Waals surface area contributed by atoms with Crippen LogP contribution in [0.25, 0.3) is 0 Å². The minimum atomic E-state index is -0.907. The second-order valence-corrected chi connectivity index (χ2v) is 5.61. The summed E-state index contributed by atoms with van der Waals surface area (Å²) >= 11 is 0. The normalized spacial score (nSPS) is 13.6. The Bertz CT molecular complexity index is 665. The van der Waals surface area contributed by atoms with Gasteiger partial charge in [-0.05, 0) is 48.6 Å². The first-order chi connectivity index (χ1) is 10.7. The zero-order chi connectivity index (χ0) is 15.4. The van der Waals surface area contributed by atoms with Crippen molar-refractivity contribution in [3.8, 4) is 5.75 Å². The van der Waals surface area contributed by atoms with Crippen molar-refractivity contribution in [3.63, 3.8) is 0 Å². The summed E-state index contributed by atoms with van der Waals surface area (Å²) in [6.07, 6.45) is 2.52. The van der Waals surface area contributed by atoms with Gasteiger partial charge < -0.3 is 15.2 Å². The first-order valence-corrected chi connectivity index (χ1v) is 7.50. The molecule has 22 heavy (non-hydrogen) atoms. The van der Waals surface area contributed by atoms with Crippen LogP contribution >= 0.6 is 0 Å². The number of anilines is 1. The van der Waals surface area contributed by atoms with Gasteiger partial charge in [-0.15, -0.1) is 0 Å². The molecule has 1 aliphatic carbocycles. The maximum absolute atomic E-state index is 11.0. The molecular weight excluding hydrogens is 278 g/mol. The SMILES string of the molecule is O=C(O)c1cccc(CNc2ccccc2OCC2CC2)c1. The molecule has 0 spiro atoms. The van der Waals surface area contributed by atoms with Crippen molar-refractivity contribution in [2.45, 2.75) is 19.4 Å². The number of ether oxygens (including phenoxy) is 1. The lowest BCUT2D eigenvalue weighted by Crippen LogP contribution is -2.05. The minimum absolute atomic E-state index is 0.303. The van der Waals surface area contributed by atoms with Crippen molar-refractivity contribution in [1.82, 2.24) is 0 Å². The van der Waals surface area contributed by atoms with Crippen LogP contribution in [0.2, 0.25) is 0 Å². The van der Waals surface area contributed by atoms with Crippen LogP contribution in [0.5, 0.6) is 5.75 Å². The van der Waals surface area contributed by atoms with Crippen molar-refractivity contribution < 1.29 is 14.6 Å². The van der Waals surface area contributed by atoms with Gasteiger partial charge in [0.1, 0.15) is 5.75 Å². The first kappa shape index (κ1) is 14.4. The van der Waals surface area contributed by atoms with E-state index in [0.717, 1.165) is 23.6 Å². The molecule has 0 radical (unpaired) electrons. The van der Waals surface area contributed by atoms with Crippen LogP contribution in [0.3, 0.4) is 0 Å². The standard InChI is InChI=1S/C18H19NO3/c20-18(21)15-5-3-4-14(10-15)11-19-16-6-1-2-7-17(16)22-12-13-8-9-13/h1-7,10,13,19H,8-9,11-12H2,(H,20,21). The molecule has 0 bridgehead atoms. The highest BCUT2D eigenvalue weighted by atomic mass is 16.5. The van der Waals surface area contributed by atoms with E-state index in [-0.39, 0.29) is 0 Å². The van der Waals surface area contributed by atoms with E-state index in [1.165, 1.54) is 12.8 Å². The third-order valence-corrected chi connectivity index (χ3v) is 3.72. The zero-order valence-electron chi connectivity index (χ0n) is 12.3. The highest BCUT2D eigenvalue weighted by Gasteiger charge is 2.22. The number of carboxylic acids is 1. The molecule has 0 heterocycles. The van der Waals surface area contributed by atoms with Gasteiger partial charge in [-0.2, -0.15) is 0 Å². The van der Waals surface area contributed by atoms with Crippen LogP contribution in [0.4, 0.5) is 5.69 Å². The molecule has 114 valence electrons. The van der Waals surface area contributed by atoms with E-state index in [2.05, 4.69) is 5.32 Å². The van der Waals surface area contributed by atoms with Gasteiger partial charge >= 0.3 is 5.97 Å². The molecule has 2 N–H and O–H groups in total. The van der Waals surface area contributed by atoms with Crippen molar-refractivity contribution in [2.24, 2.45) is 5.92 Å². The molecule has 0 aromatic heterocycles. The second-order valence-electron chi connectivity index (χ2n) is 5.61. The van der Waals surface area contributed by atoms with Gasteiger partial charge in [0.05, 0.1) is 17.9 Å². The minimum Gasteiger partial charge on any atom is -0.491 e. The number of hydrogen-bond acceptors (Lipinski definition) is 3. The molecule has 0 saturated heterocycles. The van der Waals surface area contributed by atoms with Crippen LogP contribution in [0, 0.1) is 5.92 Å². The maximum Gasteiger partial charge on any atom is 0.335 e. The van der Waals surface area contributed by atoms with E-state index >= 15 is 0 Å². The van der Waals surface area contributed by atoms with Gasteiger partial charge in [0.25, 0.3) is 0 Å². The van der Waals surface area contributed by atoms with Crippen molar-refractivity contribution in [3.05, 3.63) is 59.7 Å². The highest BCUT2D eigenvalue weighted by Crippen LogP contribution is 2.31. The molecule has 0 atom stereocenters. The number of para-hydroxylation sites is 2. The lowest BCUT2D eigenvalue weighted by molar-refractivity contribution is 0.0697. The van der Waals surface area contributed by atoms with Crippen LogP contribution in [-0.4, -0.2) is 17.7 Å². The summed E-state index contributed by atoms with van der Waals surface area (Å²) < 4.78 is 5.85. The van der Waals surface area contributed by atoms with E-state index in [1.54, 1.807) is 18.2 Å². The molecule has 0 unspecified atom stereocenters. The quantitative estimate of drug-likeness (QED) is 0.816. The number of aromatic carboxylic acids is 1. The Morgan fingerprint density at radius 1 is 1.18 bits per heavy atom. The fraction of sp³-hybridized carbons (Fsp3) is 0.278. The Morgan fingerprint density at radius 3 is 2.77 bits per heavy atom. The van der Waals surface area contributed by atoms with Gasteiger partial charge in [0.2, 0.25) is 0 Å². The monoisotopic (exact) mass is 297 g/mol. The number of carbonyl (C=O) groups is 1. The molecule has 4 heteroatoms. The first-order valence-electron chi connectivity index (χ1n) is 7.50. The van der Waals surface area contributed by atoms with Crippen molar-refractivity contribution >= 4 is 11.7 Å². The number of hydrogen-bond donors (Lipinski definition) is 2. The Morgan fingerprint density at radius 2 is 2.00 bits per heavy atom. The molecule has 0 aliphatic heterocycles. The average Bonchev–Trinajstić information content (AvgIpc) is 3.36. The van der Waals surface area contributed by atoms with E-state index in [9.17, 15) is 4.79 Å². The van der Waals surface area contributed by atoms with Crippen LogP contribution in [0.1, 0.15) is 28.8 Å². The number of nitrogens with one attached hydrogen (secondary N) is 1. The fourth-order valence-electron chi connectivity index (χ4n) is 2.24. The van der Waals surface area contributed by atoms with Crippen LogP contribution in [-0.2, 0) is 6.54 Å².